The predicted octanol–water partition coefficient (Wildman–Crippen LogP) is 2.15. The summed E-state index contributed by atoms with van der Waals surface area (Å²) in [7, 11) is -3.15. The van der Waals surface area contributed by atoms with Gasteiger partial charge in [0.05, 0.1) is 5.25 Å². The average molecular weight is 345 g/mol. The second kappa shape index (κ2) is 8.60. The number of ether oxygens (including phenoxy) is 1. The van der Waals surface area contributed by atoms with Crippen molar-refractivity contribution in [1.29, 1.82) is 0 Å². The Balaban J connectivity index is 1.82. The second-order valence-corrected chi connectivity index (χ2v) is 9.20. The summed E-state index contributed by atoms with van der Waals surface area (Å²) in [6, 6.07) is 0.843. The summed E-state index contributed by atoms with van der Waals surface area (Å²) < 4.78 is 32.4. The molecule has 134 valence electrons. The Bertz CT molecular complexity index is 466. The van der Waals surface area contributed by atoms with Crippen LogP contribution in [0, 0.1) is 5.92 Å². The number of rotatable bonds is 7. The van der Waals surface area contributed by atoms with Crippen LogP contribution in [-0.2, 0) is 14.8 Å². The average Bonchev–Trinajstić information content (AvgIpc) is 2.56. The zero-order valence-corrected chi connectivity index (χ0v) is 15.4. The maximum atomic E-state index is 12.7. The highest BCUT2D eigenvalue weighted by atomic mass is 32.2. The van der Waals surface area contributed by atoms with Crippen molar-refractivity contribution >= 4 is 10.0 Å². The highest BCUT2D eigenvalue weighted by Gasteiger charge is 2.35. The second-order valence-electron chi connectivity index (χ2n) is 6.99. The molecule has 0 unspecified atom stereocenters. The molecule has 0 aromatic heterocycles. The van der Waals surface area contributed by atoms with Crippen molar-refractivity contribution < 1.29 is 13.2 Å². The number of sulfonamides is 1. The summed E-state index contributed by atoms with van der Waals surface area (Å²) in [5.41, 5.74) is 0. The molecule has 0 aromatic rings. The fourth-order valence-corrected chi connectivity index (χ4v) is 5.39. The van der Waals surface area contributed by atoms with Crippen LogP contribution < -0.4 is 5.32 Å². The molecule has 0 bridgehead atoms. The van der Waals surface area contributed by atoms with Gasteiger partial charge in [-0.2, -0.15) is 0 Å². The van der Waals surface area contributed by atoms with Crippen LogP contribution in [0.25, 0.3) is 0 Å². The van der Waals surface area contributed by atoms with E-state index in [0.29, 0.717) is 57.1 Å². The van der Waals surface area contributed by atoms with Crippen LogP contribution in [0.15, 0.2) is 12.7 Å². The standard InChI is InChI=1S/C17H32N2O3S/c1-4-5-14(2)15(3)18-16-6-10-19(11-7-16)23(20,21)17-8-12-22-13-9-17/h4,14-18H,1,5-13H2,2-3H3/t14-,15-/m1/s1. The number of hydrogen-bond acceptors (Lipinski definition) is 4. The third-order valence-electron chi connectivity index (χ3n) is 5.29. The molecule has 2 saturated heterocycles. The van der Waals surface area contributed by atoms with E-state index < -0.39 is 10.0 Å². The summed E-state index contributed by atoms with van der Waals surface area (Å²) in [4.78, 5) is 0. The van der Waals surface area contributed by atoms with Crippen LogP contribution in [-0.4, -0.2) is 56.4 Å². The molecule has 5 nitrogen and oxygen atoms in total. The van der Waals surface area contributed by atoms with E-state index in [4.69, 9.17) is 4.74 Å². The number of nitrogens with one attached hydrogen (secondary N) is 1. The van der Waals surface area contributed by atoms with E-state index in [1.807, 2.05) is 6.08 Å². The molecule has 23 heavy (non-hydrogen) atoms. The van der Waals surface area contributed by atoms with Gasteiger partial charge in [-0.25, -0.2) is 12.7 Å². The highest BCUT2D eigenvalue weighted by molar-refractivity contribution is 7.89. The zero-order valence-electron chi connectivity index (χ0n) is 14.5. The Morgan fingerprint density at radius 2 is 1.83 bits per heavy atom. The summed E-state index contributed by atoms with van der Waals surface area (Å²) in [5.74, 6) is 0.552. The first-order chi connectivity index (χ1) is 10.9. The first-order valence-electron chi connectivity index (χ1n) is 8.88. The van der Waals surface area contributed by atoms with Crippen molar-refractivity contribution in [3.63, 3.8) is 0 Å². The molecule has 6 heteroatoms. The van der Waals surface area contributed by atoms with Gasteiger partial charge in [0.25, 0.3) is 0 Å². The predicted molar refractivity (Wildman–Crippen MR) is 93.9 cm³/mol. The lowest BCUT2D eigenvalue weighted by molar-refractivity contribution is 0.0968. The quantitative estimate of drug-likeness (QED) is 0.719. The van der Waals surface area contributed by atoms with Gasteiger partial charge in [-0.1, -0.05) is 13.0 Å². The molecule has 2 rings (SSSR count). The van der Waals surface area contributed by atoms with Gasteiger partial charge in [-0.3, -0.25) is 0 Å². The minimum absolute atomic E-state index is 0.243. The number of nitrogens with zero attached hydrogens (tertiary/aromatic N) is 1. The summed E-state index contributed by atoms with van der Waals surface area (Å²) in [6.45, 7) is 10.7. The van der Waals surface area contributed by atoms with E-state index in [-0.39, 0.29) is 5.25 Å². The van der Waals surface area contributed by atoms with Crippen molar-refractivity contribution in [2.75, 3.05) is 26.3 Å². The molecule has 1 N–H and O–H groups in total. The number of allylic oxidation sites excluding steroid dienone is 1. The van der Waals surface area contributed by atoms with Crippen molar-refractivity contribution in [2.45, 2.75) is 63.3 Å². The SMILES string of the molecule is C=CC[C@@H](C)[C@@H](C)NC1CCN(S(=O)(=O)C2CCOCC2)CC1. The molecule has 0 spiro atoms. The molecular formula is C17H32N2O3S. The van der Waals surface area contributed by atoms with E-state index in [1.54, 1.807) is 4.31 Å². The first-order valence-corrected chi connectivity index (χ1v) is 10.4. The first kappa shape index (κ1) is 18.9. The van der Waals surface area contributed by atoms with Gasteiger partial charge in [-0.15, -0.1) is 6.58 Å². The topological polar surface area (TPSA) is 58.6 Å². The Morgan fingerprint density at radius 3 is 2.39 bits per heavy atom. The summed E-state index contributed by atoms with van der Waals surface area (Å²) in [5, 5.41) is 3.42. The van der Waals surface area contributed by atoms with Crippen LogP contribution in [0.3, 0.4) is 0 Å². The van der Waals surface area contributed by atoms with Crippen LogP contribution in [0.2, 0.25) is 0 Å². The van der Waals surface area contributed by atoms with Gasteiger partial charge in [0.2, 0.25) is 10.0 Å². The fourth-order valence-electron chi connectivity index (χ4n) is 3.46. The molecule has 2 heterocycles. The molecule has 0 aliphatic carbocycles. The lowest BCUT2D eigenvalue weighted by Gasteiger charge is -2.36. The molecular weight excluding hydrogens is 312 g/mol. The minimum atomic E-state index is -3.15. The molecule has 2 fully saturated rings. The van der Waals surface area contributed by atoms with Crippen LogP contribution in [0.5, 0.6) is 0 Å². The Labute approximate surface area is 141 Å². The van der Waals surface area contributed by atoms with E-state index in [1.165, 1.54) is 0 Å². The highest BCUT2D eigenvalue weighted by Crippen LogP contribution is 2.23. The summed E-state index contributed by atoms with van der Waals surface area (Å²) >= 11 is 0. The van der Waals surface area contributed by atoms with Crippen molar-refractivity contribution in [3.05, 3.63) is 12.7 Å². The Hall–Kier alpha value is -0.430. The van der Waals surface area contributed by atoms with E-state index >= 15 is 0 Å². The number of hydrogen-bond donors (Lipinski definition) is 1. The Morgan fingerprint density at radius 1 is 1.22 bits per heavy atom. The number of piperidine rings is 1. The maximum absolute atomic E-state index is 12.7. The van der Waals surface area contributed by atoms with Crippen molar-refractivity contribution in [2.24, 2.45) is 5.92 Å². The smallest absolute Gasteiger partial charge is 0.217 e. The van der Waals surface area contributed by atoms with Crippen molar-refractivity contribution in [1.82, 2.24) is 9.62 Å². The molecule has 2 aliphatic rings. The molecule has 0 amide bonds. The lowest BCUT2D eigenvalue weighted by Crippen LogP contribution is -2.50. The maximum Gasteiger partial charge on any atom is 0.217 e. The third-order valence-corrected chi connectivity index (χ3v) is 7.69. The van der Waals surface area contributed by atoms with Crippen molar-refractivity contribution in [3.8, 4) is 0 Å². The normalized spacial score (nSPS) is 25.1. The van der Waals surface area contributed by atoms with Gasteiger partial charge in [0.15, 0.2) is 0 Å². The van der Waals surface area contributed by atoms with Gasteiger partial charge in [0, 0.05) is 38.4 Å². The minimum Gasteiger partial charge on any atom is -0.381 e. The van der Waals surface area contributed by atoms with Gasteiger partial charge in [-0.05, 0) is 44.9 Å². The summed E-state index contributed by atoms with van der Waals surface area (Å²) in [6.07, 6.45) is 6.03. The molecule has 2 aliphatic heterocycles. The fraction of sp³-hybridized carbons (Fsp3) is 0.882. The zero-order chi connectivity index (χ0) is 16.9. The van der Waals surface area contributed by atoms with Gasteiger partial charge < -0.3 is 10.1 Å². The van der Waals surface area contributed by atoms with Crippen LogP contribution >= 0.6 is 0 Å². The van der Waals surface area contributed by atoms with E-state index in [2.05, 4.69) is 25.7 Å². The van der Waals surface area contributed by atoms with E-state index in [0.717, 1.165) is 19.3 Å². The van der Waals surface area contributed by atoms with E-state index in [9.17, 15) is 8.42 Å². The molecule has 0 aromatic carbocycles. The molecule has 0 radical (unpaired) electrons. The Kier molecular flexibility index (Phi) is 7.07. The lowest BCUT2D eigenvalue weighted by atomic mass is 9.97. The molecule has 2 atom stereocenters. The van der Waals surface area contributed by atoms with Gasteiger partial charge in [0.1, 0.15) is 0 Å². The molecule has 0 saturated carbocycles. The van der Waals surface area contributed by atoms with Crippen LogP contribution in [0.4, 0.5) is 0 Å². The monoisotopic (exact) mass is 344 g/mol. The van der Waals surface area contributed by atoms with Crippen LogP contribution in [0.1, 0.15) is 46.0 Å². The largest absolute Gasteiger partial charge is 0.381 e. The van der Waals surface area contributed by atoms with Gasteiger partial charge >= 0.3 is 0 Å². The third kappa shape index (κ3) is 5.02.